The summed E-state index contributed by atoms with van der Waals surface area (Å²) in [7, 11) is 0. The SMILES string of the molecule is Cc1nn(-c2ccccc2)c(C)c1CCNC(=O)C1CCCO1. The summed E-state index contributed by atoms with van der Waals surface area (Å²) in [5.74, 6) is 0.00765. The van der Waals surface area contributed by atoms with E-state index in [1.807, 2.05) is 41.9 Å². The van der Waals surface area contributed by atoms with Gasteiger partial charge in [0.2, 0.25) is 5.91 Å². The first-order valence-corrected chi connectivity index (χ1v) is 8.16. The number of rotatable bonds is 5. The number of aromatic nitrogens is 2. The van der Waals surface area contributed by atoms with E-state index in [1.54, 1.807) is 0 Å². The van der Waals surface area contributed by atoms with E-state index >= 15 is 0 Å². The largest absolute Gasteiger partial charge is 0.368 e. The van der Waals surface area contributed by atoms with Crippen molar-refractivity contribution in [2.75, 3.05) is 13.2 Å². The zero-order valence-corrected chi connectivity index (χ0v) is 13.7. The second-order valence-corrected chi connectivity index (χ2v) is 5.94. The average Bonchev–Trinajstić information content (AvgIpc) is 3.19. The molecule has 1 unspecified atom stereocenters. The van der Waals surface area contributed by atoms with Crippen LogP contribution < -0.4 is 5.32 Å². The lowest BCUT2D eigenvalue weighted by atomic mass is 10.1. The summed E-state index contributed by atoms with van der Waals surface area (Å²) in [6.07, 6.45) is 2.32. The van der Waals surface area contributed by atoms with E-state index in [2.05, 4.69) is 17.3 Å². The number of para-hydroxylation sites is 1. The fourth-order valence-electron chi connectivity index (χ4n) is 3.07. The molecule has 1 N–H and O–H groups in total. The Balaban J connectivity index is 1.64. The van der Waals surface area contributed by atoms with Gasteiger partial charge in [-0.15, -0.1) is 0 Å². The van der Waals surface area contributed by atoms with Crippen molar-refractivity contribution < 1.29 is 9.53 Å². The molecule has 1 amide bonds. The topological polar surface area (TPSA) is 56.2 Å². The van der Waals surface area contributed by atoms with Gasteiger partial charge in [-0.25, -0.2) is 4.68 Å². The molecule has 2 aromatic rings. The molecule has 2 heterocycles. The molecule has 0 aliphatic carbocycles. The van der Waals surface area contributed by atoms with Crippen LogP contribution in [0.15, 0.2) is 30.3 Å². The summed E-state index contributed by atoms with van der Waals surface area (Å²) in [4.78, 5) is 12.0. The molecule has 1 aliphatic heterocycles. The molecule has 3 rings (SSSR count). The second kappa shape index (κ2) is 6.96. The molecule has 0 saturated carbocycles. The monoisotopic (exact) mass is 313 g/mol. The Hall–Kier alpha value is -2.14. The van der Waals surface area contributed by atoms with Gasteiger partial charge in [-0.2, -0.15) is 5.10 Å². The molecule has 1 atom stereocenters. The van der Waals surface area contributed by atoms with Gasteiger partial charge >= 0.3 is 0 Å². The number of aryl methyl sites for hydroxylation is 1. The van der Waals surface area contributed by atoms with Gasteiger partial charge in [0.15, 0.2) is 0 Å². The molecule has 1 aromatic heterocycles. The zero-order chi connectivity index (χ0) is 16.2. The van der Waals surface area contributed by atoms with E-state index in [0.717, 1.165) is 36.3 Å². The molecule has 1 fully saturated rings. The molecular weight excluding hydrogens is 290 g/mol. The van der Waals surface area contributed by atoms with Gasteiger partial charge in [-0.1, -0.05) is 18.2 Å². The fourth-order valence-corrected chi connectivity index (χ4v) is 3.07. The third-order valence-electron chi connectivity index (χ3n) is 4.34. The minimum absolute atomic E-state index is 0.00765. The number of amides is 1. The summed E-state index contributed by atoms with van der Waals surface area (Å²) in [6.45, 7) is 5.40. The molecule has 1 aliphatic rings. The van der Waals surface area contributed by atoms with Crippen LogP contribution in [0.4, 0.5) is 0 Å². The number of hydrogen-bond donors (Lipinski definition) is 1. The van der Waals surface area contributed by atoms with Gasteiger partial charge in [0.25, 0.3) is 0 Å². The van der Waals surface area contributed by atoms with Gasteiger partial charge in [0, 0.05) is 18.8 Å². The molecule has 0 spiro atoms. The minimum Gasteiger partial charge on any atom is -0.368 e. The van der Waals surface area contributed by atoms with Crippen LogP contribution >= 0.6 is 0 Å². The Morgan fingerprint density at radius 2 is 2.13 bits per heavy atom. The summed E-state index contributed by atoms with van der Waals surface area (Å²) in [5.41, 5.74) is 4.39. The van der Waals surface area contributed by atoms with Crippen LogP contribution in [0, 0.1) is 13.8 Å². The molecule has 0 radical (unpaired) electrons. The van der Waals surface area contributed by atoms with Crippen molar-refractivity contribution in [3.8, 4) is 5.69 Å². The molecular formula is C18H23N3O2. The molecule has 1 saturated heterocycles. The molecule has 23 heavy (non-hydrogen) atoms. The van der Waals surface area contributed by atoms with E-state index in [1.165, 1.54) is 5.56 Å². The van der Waals surface area contributed by atoms with Crippen molar-refractivity contribution in [1.29, 1.82) is 0 Å². The second-order valence-electron chi connectivity index (χ2n) is 5.94. The zero-order valence-electron chi connectivity index (χ0n) is 13.7. The Morgan fingerprint density at radius 1 is 1.35 bits per heavy atom. The predicted octanol–water partition coefficient (Wildman–Crippen LogP) is 2.33. The number of carbonyl (C=O) groups excluding carboxylic acids is 1. The number of benzene rings is 1. The molecule has 0 bridgehead atoms. The lowest BCUT2D eigenvalue weighted by Crippen LogP contribution is -2.35. The van der Waals surface area contributed by atoms with Crippen LogP contribution in [0.1, 0.15) is 29.8 Å². The lowest BCUT2D eigenvalue weighted by Gasteiger charge is -2.10. The van der Waals surface area contributed by atoms with Crippen LogP contribution in [-0.4, -0.2) is 34.9 Å². The van der Waals surface area contributed by atoms with Crippen molar-refractivity contribution >= 4 is 5.91 Å². The van der Waals surface area contributed by atoms with E-state index in [-0.39, 0.29) is 12.0 Å². The van der Waals surface area contributed by atoms with E-state index in [9.17, 15) is 4.79 Å². The fraction of sp³-hybridized carbons (Fsp3) is 0.444. The van der Waals surface area contributed by atoms with Crippen LogP contribution in [0.3, 0.4) is 0 Å². The summed E-state index contributed by atoms with van der Waals surface area (Å²) in [5, 5.41) is 7.61. The molecule has 1 aromatic carbocycles. The quantitative estimate of drug-likeness (QED) is 0.922. The van der Waals surface area contributed by atoms with Crippen LogP contribution in [0.2, 0.25) is 0 Å². The highest BCUT2D eigenvalue weighted by Gasteiger charge is 2.23. The Kier molecular flexibility index (Phi) is 4.76. The van der Waals surface area contributed by atoms with Crippen molar-refractivity contribution in [1.82, 2.24) is 15.1 Å². The third kappa shape index (κ3) is 3.45. The first kappa shape index (κ1) is 15.7. The van der Waals surface area contributed by atoms with Gasteiger partial charge in [0.1, 0.15) is 6.10 Å². The van der Waals surface area contributed by atoms with Gasteiger partial charge in [-0.05, 0) is 50.8 Å². The van der Waals surface area contributed by atoms with Crippen molar-refractivity contribution in [2.24, 2.45) is 0 Å². The molecule has 5 nitrogen and oxygen atoms in total. The van der Waals surface area contributed by atoms with Crippen LogP contribution in [0.5, 0.6) is 0 Å². The normalized spacial score (nSPS) is 17.4. The number of nitrogens with one attached hydrogen (secondary N) is 1. The third-order valence-corrected chi connectivity index (χ3v) is 4.34. The Bertz CT molecular complexity index is 673. The number of carbonyl (C=O) groups is 1. The van der Waals surface area contributed by atoms with E-state index in [0.29, 0.717) is 13.2 Å². The van der Waals surface area contributed by atoms with Gasteiger partial charge < -0.3 is 10.1 Å². The highest BCUT2D eigenvalue weighted by atomic mass is 16.5. The highest BCUT2D eigenvalue weighted by Crippen LogP contribution is 2.18. The number of nitrogens with zero attached hydrogens (tertiary/aromatic N) is 2. The van der Waals surface area contributed by atoms with Crippen molar-refractivity contribution in [3.63, 3.8) is 0 Å². The maximum absolute atomic E-state index is 12.0. The summed E-state index contributed by atoms with van der Waals surface area (Å²) < 4.78 is 7.36. The predicted molar refractivity (Wildman–Crippen MR) is 88.7 cm³/mol. The van der Waals surface area contributed by atoms with E-state index in [4.69, 9.17) is 4.74 Å². The minimum atomic E-state index is -0.260. The number of ether oxygens (including phenoxy) is 1. The highest BCUT2D eigenvalue weighted by molar-refractivity contribution is 5.80. The molecule has 5 heteroatoms. The first-order valence-electron chi connectivity index (χ1n) is 8.16. The average molecular weight is 313 g/mol. The Morgan fingerprint density at radius 3 is 2.83 bits per heavy atom. The number of hydrogen-bond acceptors (Lipinski definition) is 3. The van der Waals surface area contributed by atoms with Crippen molar-refractivity contribution in [2.45, 2.75) is 39.2 Å². The van der Waals surface area contributed by atoms with Crippen LogP contribution in [0.25, 0.3) is 5.69 Å². The summed E-state index contributed by atoms with van der Waals surface area (Å²) >= 11 is 0. The summed E-state index contributed by atoms with van der Waals surface area (Å²) in [6, 6.07) is 10.1. The Labute approximate surface area is 136 Å². The first-order chi connectivity index (χ1) is 11.2. The maximum Gasteiger partial charge on any atom is 0.249 e. The standard InChI is InChI=1S/C18H23N3O2/c1-13-16(10-11-19-18(22)17-9-6-12-23-17)14(2)21(20-13)15-7-4-3-5-8-15/h3-5,7-8,17H,6,9-12H2,1-2H3,(H,19,22). The smallest absolute Gasteiger partial charge is 0.249 e. The maximum atomic E-state index is 12.0. The van der Waals surface area contributed by atoms with Crippen molar-refractivity contribution in [3.05, 3.63) is 47.3 Å². The van der Waals surface area contributed by atoms with Gasteiger partial charge in [0.05, 0.1) is 11.4 Å². The van der Waals surface area contributed by atoms with Crippen LogP contribution in [-0.2, 0) is 16.0 Å². The molecule has 122 valence electrons. The van der Waals surface area contributed by atoms with Gasteiger partial charge in [-0.3, -0.25) is 4.79 Å². The van der Waals surface area contributed by atoms with E-state index < -0.39 is 0 Å². The lowest BCUT2D eigenvalue weighted by molar-refractivity contribution is -0.129.